The van der Waals surface area contributed by atoms with Gasteiger partial charge in [-0.15, -0.1) is 0 Å². The maximum absolute atomic E-state index is 12.1. The molecule has 1 aromatic carbocycles. The van der Waals surface area contributed by atoms with Gasteiger partial charge in [-0.3, -0.25) is 20.3 Å². The molecule has 21 heavy (non-hydrogen) atoms. The first kappa shape index (κ1) is 13.3. The van der Waals surface area contributed by atoms with Gasteiger partial charge in [0.25, 0.3) is 5.91 Å². The average molecular weight is 303 g/mol. The number of rotatable bonds is 2. The zero-order valence-corrected chi connectivity index (χ0v) is 11.8. The Morgan fingerprint density at radius 2 is 2.05 bits per heavy atom. The van der Waals surface area contributed by atoms with E-state index < -0.39 is 0 Å². The molecule has 2 N–H and O–H groups in total. The maximum atomic E-state index is 12.1. The topological polar surface area (TPSA) is 88.6 Å². The first-order valence-electron chi connectivity index (χ1n) is 6.07. The van der Waals surface area contributed by atoms with Crippen molar-refractivity contribution in [3.63, 3.8) is 0 Å². The van der Waals surface area contributed by atoms with E-state index in [2.05, 4.69) is 15.5 Å². The third kappa shape index (κ3) is 2.50. The van der Waals surface area contributed by atoms with Crippen LogP contribution in [-0.2, 0) is 7.05 Å². The quantitative estimate of drug-likeness (QED) is 0.747. The number of carbonyl (C=O) groups excluding carboxylic acids is 1. The predicted octanol–water partition coefficient (Wildman–Crippen LogP) is 1.29. The van der Waals surface area contributed by atoms with E-state index in [1.54, 1.807) is 42.2 Å². The normalized spacial score (nSPS) is 10.8. The number of aryl methyl sites for hydroxylation is 1. The average Bonchev–Trinajstić information content (AvgIpc) is 2.84. The minimum Gasteiger partial charge on any atom is -0.282 e. The molecule has 2 heterocycles. The van der Waals surface area contributed by atoms with E-state index in [9.17, 15) is 4.79 Å². The molecule has 0 aliphatic rings. The predicted molar refractivity (Wildman–Crippen MR) is 77.5 cm³/mol. The summed E-state index contributed by atoms with van der Waals surface area (Å²) in [6, 6.07) is 6.48. The van der Waals surface area contributed by atoms with E-state index in [1.807, 2.05) is 0 Å². The van der Waals surface area contributed by atoms with Crippen molar-refractivity contribution in [2.45, 2.75) is 0 Å². The summed E-state index contributed by atoms with van der Waals surface area (Å²) in [5.41, 5.74) is 3.60. The molecule has 106 valence electrons. The second kappa shape index (κ2) is 5.02. The van der Waals surface area contributed by atoms with Crippen LogP contribution in [0.15, 0.2) is 36.8 Å². The fourth-order valence-corrected chi connectivity index (χ4v) is 2.03. The van der Waals surface area contributed by atoms with Crippen molar-refractivity contribution in [1.29, 1.82) is 5.41 Å². The van der Waals surface area contributed by atoms with Crippen LogP contribution in [0.2, 0.25) is 5.02 Å². The fraction of sp³-hybridized carbons (Fsp3) is 0.0769. The lowest BCUT2D eigenvalue weighted by molar-refractivity contribution is 0.101. The summed E-state index contributed by atoms with van der Waals surface area (Å²) >= 11 is 5.78. The second-order valence-corrected chi connectivity index (χ2v) is 4.89. The van der Waals surface area contributed by atoms with Gasteiger partial charge in [-0.1, -0.05) is 11.6 Å². The van der Waals surface area contributed by atoms with E-state index in [1.165, 1.54) is 11.0 Å². The SMILES string of the molecule is Cn1cc2c(=N)n(NC(=O)c3ccc(Cl)cc3)cnc2n1. The molecule has 7 nitrogen and oxygen atoms in total. The van der Waals surface area contributed by atoms with Crippen LogP contribution >= 0.6 is 11.6 Å². The van der Waals surface area contributed by atoms with Gasteiger partial charge in [0.05, 0.1) is 5.39 Å². The van der Waals surface area contributed by atoms with Crippen LogP contribution in [0.1, 0.15) is 10.4 Å². The van der Waals surface area contributed by atoms with Gasteiger partial charge in [-0.05, 0) is 24.3 Å². The first-order valence-corrected chi connectivity index (χ1v) is 6.45. The van der Waals surface area contributed by atoms with E-state index in [-0.39, 0.29) is 11.4 Å². The molecule has 0 aliphatic heterocycles. The molecule has 2 aromatic heterocycles. The number of benzene rings is 1. The zero-order valence-electron chi connectivity index (χ0n) is 11.0. The molecule has 0 atom stereocenters. The van der Waals surface area contributed by atoms with Gasteiger partial charge in [0.15, 0.2) is 11.1 Å². The van der Waals surface area contributed by atoms with Gasteiger partial charge < -0.3 is 0 Å². The standard InChI is InChI=1S/C13H11ClN6O/c1-19-6-10-11(15)20(7-16-12(10)17-19)18-13(21)8-2-4-9(14)5-3-8/h2-7,15H,1H3,(H,18,21). The third-order valence-electron chi connectivity index (χ3n) is 2.93. The minimum atomic E-state index is -0.352. The number of fused-ring (bicyclic) bond motifs is 1. The molecular formula is C13H11ClN6O. The summed E-state index contributed by atoms with van der Waals surface area (Å²) in [7, 11) is 1.75. The van der Waals surface area contributed by atoms with Crippen LogP contribution in [0.5, 0.6) is 0 Å². The molecule has 1 amide bonds. The smallest absolute Gasteiger partial charge is 0.270 e. The second-order valence-electron chi connectivity index (χ2n) is 4.45. The first-order chi connectivity index (χ1) is 10.0. The summed E-state index contributed by atoms with van der Waals surface area (Å²) in [5, 5.41) is 13.3. The molecule has 0 spiro atoms. The van der Waals surface area contributed by atoms with Crippen LogP contribution in [-0.4, -0.2) is 25.3 Å². The summed E-state index contributed by atoms with van der Waals surface area (Å²) in [6.07, 6.45) is 3.03. The summed E-state index contributed by atoms with van der Waals surface area (Å²) in [4.78, 5) is 16.2. The number of nitrogens with zero attached hydrogens (tertiary/aromatic N) is 4. The Bertz CT molecular complexity index is 880. The van der Waals surface area contributed by atoms with Crippen molar-refractivity contribution in [2.75, 3.05) is 5.43 Å². The number of hydrogen-bond acceptors (Lipinski definition) is 4. The summed E-state index contributed by atoms with van der Waals surface area (Å²) < 4.78 is 2.82. The lowest BCUT2D eigenvalue weighted by atomic mass is 10.2. The van der Waals surface area contributed by atoms with E-state index >= 15 is 0 Å². The monoisotopic (exact) mass is 302 g/mol. The molecule has 3 rings (SSSR count). The van der Waals surface area contributed by atoms with Crippen LogP contribution < -0.4 is 10.9 Å². The Kier molecular flexibility index (Phi) is 3.19. The number of halogens is 1. The lowest BCUT2D eigenvalue weighted by Crippen LogP contribution is -2.33. The maximum Gasteiger partial charge on any atom is 0.270 e. The van der Waals surface area contributed by atoms with Gasteiger partial charge in [0.2, 0.25) is 0 Å². The Morgan fingerprint density at radius 3 is 2.76 bits per heavy atom. The highest BCUT2D eigenvalue weighted by Gasteiger charge is 2.09. The Hall–Kier alpha value is -2.67. The van der Waals surface area contributed by atoms with Crippen LogP contribution in [0.3, 0.4) is 0 Å². The molecule has 3 aromatic rings. The van der Waals surface area contributed by atoms with Gasteiger partial charge in [0, 0.05) is 23.8 Å². The fourth-order valence-electron chi connectivity index (χ4n) is 1.90. The Morgan fingerprint density at radius 1 is 1.33 bits per heavy atom. The molecule has 0 bridgehead atoms. The van der Waals surface area contributed by atoms with Crippen molar-refractivity contribution in [1.82, 2.24) is 19.4 Å². The third-order valence-corrected chi connectivity index (χ3v) is 3.18. The number of amides is 1. The van der Waals surface area contributed by atoms with Crippen molar-refractivity contribution in [2.24, 2.45) is 7.05 Å². The molecular weight excluding hydrogens is 292 g/mol. The van der Waals surface area contributed by atoms with Crippen LogP contribution in [0, 0.1) is 5.41 Å². The molecule has 0 fully saturated rings. The van der Waals surface area contributed by atoms with Crippen molar-refractivity contribution in [3.8, 4) is 0 Å². The number of nitrogens with one attached hydrogen (secondary N) is 2. The Labute approximate surface area is 124 Å². The minimum absolute atomic E-state index is 0.107. The van der Waals surface area contributed by atoms with E-state index in [0.29, 0.717) is 21.6 Å². The van der Waals surface area contributed by atoms with Crippen molar-refractivity contribution in [3.05, 3.63) is 52.9 Å². The molecule has 8 heteroatoms. The van der Waals surface area contributed by atoms with Crippen LogP contribution in [0.4, 0.5) is 0 Å². The van der Waals surface area contributed by atoms with Gasteiger partial charge in [-0.25, -0.2) is 9.66 Å². The molecule has 0 saturated carbocycles. The highest BCUT2D eigenvalue weighted by molar-refractivity contribution is 6.30. The lowest BCUT2D eigenvalue weighted by Gasteiger charge is -2.08. The van der Waals surface area contributed by atoms with Crippen molar-refractivity contribution < 1.29 is 4.79 Å². The number of carbonyl (C=O) groups is 1. The molecule has 0 aliphatic carbocycles. The molecule has 0 unspecified atom stereocenters. The number of hydrogen-bond donors (Lipinski definition) is 2. The van der Waals surface area contributed by atoms with Gasteiger partial charge in [0.1, 0.15) is 6.33 Å². The van der Waals surface area contributed by atoms with Gasteiger partial charge >= 0.3 is 0 Å². The van der Waals surface area contributed by atoms with E-state index in [0.717, 1.165) is 0 Å². The molecule has 0 saturated heterocycles. The highest BCUT2D eigenvalue weighted by Crippen LogP contribution is 2.09. The van der Waals surface area contributed by atoms with Gasteiger partial charge in [-0.2, -0.15) is 5.10 Å². The largest absolute Gasteiger partial charge is 0.282 e. The van der Waals surface area contributed by atoms with Crippen molar-refractivity contribution >= 4 is 28.5 Å². The summed E-state index contributed by atoms with van der Waals surface area (Å²) in [5.74, 6) is -0.352. The van der Waals surface area contributed by atoms with E-state index in [4.69, 9.17) is 17.0 Å². The molecule has 0 radical (unpaired) electrons. The summed E-state index contributed by atoms with van der Waals surface area (Å²) in [6.45, 7) is 0. The highest BCUT2D eigenvalue weighted by atomic mass is 35.5. The number of aromatic nitrogens is 4. The zero-order chi connectivity index (χ0) is 15.0. The Balaban J connectivity index is 1.94. The van der Waals surface area contributed by atoms with Crippen LogP contribution in [0.25, 0.3) is 11.0 Å².